The highest BCUT2D eigenvalue weighted by Gasteiger charge is 2.30. The first-order valence-electron chi connectivity index (χ1n) is 6.65. The molecule has 1 amide bonds. The van der Waals surface area contributed by atoms with E-state index in [1.807, 2.05) is 41.5 Å². The summed E-state index contributed by atoms with van der Waals surface area (Å²) in [7, 11) is 0. The Bertz CT molecular complexity index is 627. The van der Waals surface area contributed by atoms with Crippen molar-refractivity contribution in [1.82, 2.24) is 4.90 Å². The Kier molecular flexibility index (Phi) is 3.96. The second-order valence-electron chi connectivity index (χ2n) is 5.06. The lowest BCUT2D eigenvalue weighted by Crippen LogP contribution is -2.51. The van der Waals surface area contributed by atoms with E-state index in [1.54, 1.807) is 11.3 Å². The fourth-order valence-corrected chi connectivity index (χ4v) is 3.61. The minimum absolute atomic E-state index is 0.0679. The highest BCUT2D eigenvalue weighted by molar-refractivity contribution is 7.17. The number of morpholine rings is 1. The van der Waals surface area contributed by atoms with Crippen LogP contribution in [0, 0.1) is 0 Å². The predicted octanol–water partition coefficient (Wildman–Crippen LogP) is 3.37. The van der Waals surface area contributed by atoms with E-state index in [1.165, 1.54) is 0 Å². The summed E-state index contributed by atoms with van der Waals surface area (Å²) in [4.78, 5) is 14.7. The molecular formula is C15H16ClNO2S. The number of nitrogens with zero attached hydrogens (tertiary/aromatic N) is 1. The Morgan fingerprint density at radius 1 is 1.50 bits per heavy atom. The minimum Gasteiger partial charge on any atom is -0.373 e. The van der Waals surface area contributed by atoms with Crippen molar-refractivity contribution in [2.45, 2.75) is 19.1 Å². The minimum atomic E-state index is -0.0679. The summed E-state index contributed by atoms with van der Waals surface area (Å²) >= 11 is 7.47. The van der Waals surface area contributed by atoms with E-state index in [0.717, 1.165) is 15.6 Å². The zero-order chi connectivity index (χ0) is 14.1. The van der Waals surface area contributed by atoms with Gasteiger partial charge in [0.15, 0.2) is 0 Å². The molecule has 0 spiro atoms. The van der Waals surface area contributed by atoms with Gasteiger partial charge in [-0.3, -0.25) is 4.79 Å². The number of benzene rings is 1. The van der Waals surface area contributed by atoms with Gasteiger partial charge >= 0.3 is 0 Å². The Balaban J connectivity index is 1.91. The Labute approximate surface area is 127 Å². The van der Waals surface area contributed by atoms with Crippen LogP contribution in [0.5, 0.6) is 0 Å². The van der Waals surface area contributed by atoms with Gasteiger partial charge in [0.25, 0.3) is 5.91 Å². The second kappa shape index (κ2) is 5.72. The first-order valence-corrected chi connectivity index (χ1v) is 8.07. The monoisotopic (exact) mass is 309 g/mol. The average molecular weight is 310 g/mol. The fourth-order valence-electron chi connectivity index (χ4n) is 2.49. The molecule has 0 bridgehead atoms. The molecule has 1 aromatic heterocycles. The van der Waals surface area contributed by atoms with Crippen molar-refractivity contribution in [3.05, 3.63) is 35.2 Å². The van der Waals surface area contributed by atoms with Crippen molar-refractivity contribution < 1.29 is 9.53 Å². The Morgan fingerprint density at radius 2 is 2.30 bits per heavy atom. The molecule has 1 fully saturated rings. The molecule has 2 unspecified atom stereocenters. The number of hydrogen-bond acceptors (Lipinski definition) is 3. The number of amides is 1. The van der Waals surface area contributed by atoms with Gasteiger partial charge in [-0.05, 0) is 13.0 Å². The number of hydrogen-bond donors (Lipinski definition) is 0. The maximum absolute atomic E-state index is 12.8. The average Bonchev–Trinajstić information content (AvgIpc) is 2.91. The van der Waals surface area contributed by atoms with E-state index in [9.17, 15) is 4.79 Å². The molecule has 2 atom stereocenters. The van der Waals surface area contributed by atoms with E-state index in [-0.39, 0.29) is 18.1 Å². The molecule has 0 aliphatic carbocycles. The lowest BCUT2D eigenvalue weighted by Gasteiger charge is -2.37. The molecule has 5 heteroatoms. The number of alkyl halides is 1. The molecule has 2 heterocycles. The van der Waals surface area contributed by atoms with E-state index in [0.29, 0.717) is 19.0 Å². The summed E-state index contributed by atoms with van der Waals surface area (Å²) in [5.74, 6) is 0.495. The molecule has 0 radical (unpaired) electrons. The van der Waals surface area contributed by atoms with Gasteiger partial charge < -0.3 is 9.64 Å². The number of carbonyl (C=O) groups excluding carboxylic acids is 1. The molecule has 20 heavy (non-hydrogen) atoms. The SMILES string of the molecule is CC1COC(CCl)CN1C(=O)c1csc2ccccc12. The van der Waals surface area contributed by atoms with Crippen LogP contribution in [-0.2, 0) is 4.74 Å². The molecule has 2 aromatic rings. The van der Waals surface area contributed by atoms with Gasteiger partial charge in [0.1, 0.15) is 0 Å². The topological polar surface area (TPSA) is 29.5 Å². The molecule has 0 N–H and O–H groups in total. The van der Waals surface area contributed by atoms with Gasteiger partial charge in [0.05, 0.1) is 30.2 Å². The standard InChI is InChI=1S/C15H16ClNO2S/c1-10-8-19-11(6-16)7-17(10)15(18)13-9-20-14-5-3-2-4-12(13)14/h2-5,9-11H,6-8H2,1H3. The third-order valence-corrected chi connectivity index (χ3v) is 4.96. The Hall–Kier alpha value is -1.10. The Morgan fingerprint density at radius 3 is 3.10 bits per heavy atom. The third kappa shape index (κ3) is 2.43. The summed E-state index contributed by atoms with van der Waals surface area (Å²) in [6.07, 6.45) is -0.0679. The first kappa shape index (κ1) is 13.9. The molecule has 1 aliphatic rings. The van der Waals surface area contributed by atoms with Gasteiger partial charge in [-0.25, -0.2) is 0 Å². The van der Waals surface area contributed by atoms with Crippen LogP contribution in [0.2, 0.25) is 0 Å². The molecule has 1 saturated heterocycles. The van der Waals surface area contributed by atoms with E-state index in [2.05, 4.69) is 0 Å². The van der Waals surface area contributed by atoms with Gasteiger partial charge in [0.2, 0.25) is 0 Å². The highest BCUT2D eigenvalue weighted by Crippen LogP contribution is 2.28. The van der Waals surface area contributed by atoms with Crippen LogP contribution in [0.3, 0.4) is 0 Å². The summed E-state index contributed by atoms with van der Waals surface area (Å²) in [5.41, 5.74) is 0.785. The van der Waals surface area contributed by atoms with Crippen LogP contribution >= 0.6 is 22.9 Å². The molecule has 0 saturated carbocycles. The van der Waals surface area contributed by atoms with Crippen molar-refractivity contribution in [3.63, 3.8) is 0 Å². The molecule has 3 rings (SSSR count). The van der Waals surface area contributed by atoms with Gasteiger partial charge in [-0.1, -0.05) is 18.2 Å². The largest absolute Gasteiger partial charge is 0.373 e. The van der Waals surface area contributed by atoms with E-state index in [4.69, 9.17) is 16.3 Å². The molecule has 3 nitrogen and oxygen atoms in total. The third-order valence-electron chi connectivity index (χ3n) is 3.65. The second-order valence-corrected chi connectivity index (χ2v) is 6.28. The van der Waals surface area contributed by atoms with Crippen molar-refractivity contribution in [1.29, 1.82) is 0 Å². The van der Waals surface area contributed by atoms with E-state index >= 15 is 0 Å². The van der Waals surface area contributed by atoms with Crippen LogP contribution in [0.4, 0.5) is 0 Å². The number of rotatable bonds is 2. The van der Waals surface area contributed by atoms with Crippen molar-refractivity contribution >= 4 is 38.9 Å². The maximum atomic E-state index is 12.8. The summed E-state index contributed by atoms with van der Waals surface area (Å²) in [6, 6.07) is 8.09. The van der Waals surface area contributed by atoms with Crippen molar-refractivity contribution in [3.8, 4) is 0 Å². The van der Waals surface area contributed by atoms with E-state index < -0.39 is 0 Å². The van der Waals surface area contributed by atoms with Crippen LogP contribution in [0.15, 0.2) is 29.6 Å². The summed E-state index contributed by atoms with van der Waals surface area (Å²) < 4.78 is 6.75. The number of fused-ring (bicyclic) bond motifs is 1. The van der Waals surface area contributed by atoms with Gasteiger partial charge in [0, 0.05) is 22.0 Å². The fraction of sp³-hybridized carbons (Fsp3) is 0.400. The summed E-state index contributed by atoms with van der Waals surface area (Å²) in [5, 5.41) is 2.98. The van der Waals surface area contributed by atoms with Gasteiger partial charge in [-0.15, -0.1) is 22.9 Å². The normalized spacial score (nSPS) is 23.2. The number of thiophene rings is 1. The van der Waals surface area contributed by atoms with Crippen LogP contribution < -0.4 is 0 Å². The first-order chi connectivity index (χ1) is 9.70. The molecular weight excluding hydrogens is 294 g/mol. The zero-order valence-electron chi connectivity index (χ0n) is 11.2. The molecule has 1 aromatic carbocycles. The summed E-state index contributed by atoms with van der Waals surface area (Å²) in [6.45, 7) is 3.12. The molecule has 106 valence electrons. The number of ether oxygens (including phenoxy) is 1. The molecule has 1 aliphatic heterocycles. The maximum Gasteiger partial charge on any atom is 0.255 e. The quantitative estimate of drug-likeness (QED) is 0.796. The van der Waals surface area contributed by atoms with Crippen molar-refractivity contribution in [2.24, 2.45) is 0 Å². The zero-order valence-corrected chi connectivity index (χ0v) is 12.8. The van der Waals surface area contributed by atoms with Gasteiger partial charge in [-0.2, -0.15) is 0 Å². The highest BCUT2D eigenvalue weighted by atomic mass is 35.5. The van der Waals surface area contributed by atoms with Crippen LogP contribution in [0.1, 0.15) is 17.3 Å². The van der Waals surface area contributed by atoms with Crippen LogP contribution in [-0.4, -0.2) is 42.0 Å². The number of carbonyl (C=O) groups is 1. The lowest BCUT2D eigenvalue weighted by atomic mass is 10.1. The van der Waals surface area contributed by atoms with Crippen molar-refractivity contribution in [2.75, 3.05) is 19.0 Å². The lowest BCUT2D eigenvalue weighted by molar-refractivity contribution is -0.0370. The number of halogens is 1. The predicted molar refractivity (Wildman–Crippen MR) is 82.8 cm³/mol. The van der Waals surface area contributed by atoms with Crippen LogP contribution in [0.25, 0.3) is 10.1 Å². The smallest absolute Gasteiger partial charge is 0.255 e.